The number of hydrogen-bond donors (Lipinski definition) is 0. The lowest BCUT2D eigenvalue weighted by Crippen LogP contribution is -2.39. The van der Waals surface area contributed by atoms with Gasteiger partial charge in [0.15, 0.2) is 0 Å². The Bertz CT molecular complexity index is 360. The van der Waals surface area contributed by atoms with Crippen LogP contribution in [-0.2, 0) is 11.2 Å². The first-order valence-corrected chi connectivity index (χ1v) is 6.13. The van der Waals surface area contributed by atoms with Crippen molar-refractivity contribution >= 4 is 11.6 Å². The summed E-state index contributed by atoms with van der Waals surface area (Å²) in [5, 5.41) is 0. The first kappa shape index (κ1) is 12.8. The molecule has 0 fully saturated rings. The quantitative estimate of drug-likeness (QED) is 0.710. The van der Waals surface area contributed by atoms with Crippen molar-refractivity contribution in [2.45, 2.75) is 34.1 Å². The summed E-state index contributed by atoms with van der Waals surface area (Å²) in [5.41, 5.74) is 2.39. The average Bonchev–Trinajstić information content (AvgIpc) is 2.33. The first-order chi connectivity index (χ1) is 7.74. The number of hydrogen-bond acceptors (Lipinski definition) is 1. The number of fused-ring (bicyclic) bond motifs is 1. The Morgan fingerprint density at radius 2 is 1.94 bits per heavy atom. The Morgan fingerprint density at radius 1 is 1.31 bits per heavy atom. The van der Waals surface area contributed by atoms with Crippen molar-refractivity contribution in [3.63, 3.8) is 0 Å². The smallest absolute Gasteiger partial charge is 0.230 e. The molecule has 2 rings (SSSR count). The number of benzene rings is 1. The van der Waals surface area contributed by atoms with Crippen molar-refractivity contribution in [3.8, 4) is 0 Å². The molecule has 0 spiro atoms. The molecule has 16 heavy (non-hydrogen) atoms. The van der Waals surface area contributed by atoms with Crippen LogP contribution >= 0.6 is 0 Å². The molecule has 1 heterocycles. The van der Waals surface area contributed by atoms with Crippen LogP contribution in [0.2, 0.25) is 0 Å². The molecule has 0 aliphatic carbocycles. The Kier molecular flexibility index (Phi) is 4.53. The molecule has 1 aliphatic heterocycles. The standard InChI is InChI=1S/C12H15NO.C2H6/c1-3-13-11-7-5-4-6-10(11)8-9(2)12(13)14;1-2/h4-7,9H,3,8H2,1-2H3;1-2H3. The van der Waals surface area contributed by atoms with Gasteiger partial charge in [0.25, 0.3) is 0 Å². The maximum Gasteiger partial charge on any atom is 0.230 e. The second-order valence-electron chi connectivity index (χ2n) is 3.82. The third-order valence-electron chi connectivity index (χ3n) is 2.81. The van der Waals surface area contributed by atoms with E-state index in [1.807, 2.05) is 50.8 Å². The fourth-order valence-electron chi connectivity index (χ4n) is 2.07. The molecular weight excluding hydrogens is 198 g/mol. The molecule has 2 nitrogen and oxygen atoms in total. The summed E-state index contributed by atoms with van der Waals surface area (Å²) >= 11 is 0. The highest BCUT2D eigenvalue weighted by Crippen LogP contribution is 2.29. The van der Waals surface area contributed by atoms with Crippen LogP contribution in [-0.4, -0.2) is 12.5 Å². The van der Waals surface area contributed by atoms with E-state index in [4.69, 9.17) is 0 Å². The number of amides is 1. The lowest BCUT2D eigenvalue weighted by Gasteiger charge is -2.31. The van der Waals surface area contributed by atoms with Crippen LogP contribution in [0.3, 0.4) is 0 Å². The van der Waals surface area contributed by atoms with Gasteiger partial charge in [-0.15, -0.1) is 0 Å². The van der Waals surface area contributed by atoms with Gasteiger partial charge in [-0.05, 0) is 25.0 Å². The minimum atomic E-state index is 0.129. The number of nitrogens with zero attached hydrogens (tertiary/aromatic N) is 1. The van der Waals surface area contributed by atoms with E-state index >= 15 is 0 Å². The van der Waals surface area contributed by atoms with Crippen LogP contribution in [0.25, 0.3) is 0 Å². The molecule has 1 aromatic carbocycles. The normalized spacial score (nSPS) is 18.6. The number of carbonyl (C=O) groups is 1. The summed E-state index contributed by atoms with van der Waals surface area (Å²) in [6.07, 6.45) is 0.880. The number of rotatable bonds is 1. The van der Waals surface area contributed by atoms with Gasteiger partial charge in [-0.1, -0.05) is 39.0 Å². The second kappa shape index (κ2) is 5.69. The largest absolute Gasteiger partial charge is 0.312 e. The molecule has 0 saturated carbocycles. The van der Waals surface area contributed by atoms with E-state index in [0.29, 0.717) is 0 Å². The van der Waals surface area contributed by atoms with Crippen molar-refractivity contribution in [2.24, 2.45) is 5.92 Å². The lowest BCUT2D eigenvalue weighted by molar-refractivity contribution is -0.122. The molecule has 1 amide bonds. The molecule has 1 aromatic rings. The van der Waals surface area contributed by atoms with Crippen LogP contribution in [0.4, 0.5) is 5.69 Å². The minimum absolute atomic E-state index is 0.129. The molecule has 0 saturated heterocycles. The fourth-order valence-corrected chi connectivity index (χ4v) is 2.07. The highest BCUT2D eigenvalue weighted by atomic mass is 16.2. The van der Waals surface area contributed by atoms with Crippen molar-refractivity contribution in [3.05, 3.63) is 29.8 Å². The van der Waals surface area contributed by atoms with Gasteiger partial charge in [0.2, 0.25) is 5.91 Å². The Balaban J connectivity index is 0.000000606. The van der Waals surface area contributed by atoms with Crippen LogP contribution in [0.1, 0.15) is 33.3 Å². The monoisotopic (exact) mass is 219 g/mol. The number of para-hydroxylation sites is 1. The maximum absolute atomic E-state index is 11.8. The number of carbonyl (C=O) groups excluding carboxylic acids is 1. The summed E-state index contributed by atoms with van der Waals surface area (Å²) in [7, 11) is 0. The van der Waals surface area contributed by atoms with Crippen molar-refractivity contribution in [1.29, 1.82) is 0 Å². The number of anilines is 1. The fraction of sp³-hybridized carbons (Fsp3) is 0.500. The van der Waals surface area contributed by atoms with E-state index in [2.05, 4.69) is 6.07 Å². The highest BCUT2D eigenvalue weighted by molar-refractivity contribution is 5.97. The predicted octanol–water partition coefficient (Wildman–Crippen LogP) is 3.26. The lowest BCUT2D eigenvalue weighted by atomic mass is 9.93. The van der Waals surface area contributed by atoms with Crippen molar-refractivity contribution in [1.82, 2.24) is 0 Å². The van der Waals surface area contributed by atoms with Crippen molar-refractivity contribution in [2.75, 3.05) is 11.4 Å². The van der Waals surface area contributed by atoms with E-state index < -0.39 is 0 Å². The highest BCUT2D eigenvalue weighted by Gasteiger charge is 2.28. The first-order valence-electron chi connectivity index (χ1n) is 6.13. The predicted molar refractivity (Wildman–Crippen MR) is 68.7 cm³/mol. The Morgan fingerprint density at radius 3 is 2.56 bits per heavy atom. The molecule has 2 heteroatoms. The SMILES string of the molecule is CC.CCN1C(=O)C(C)Cc2ccccc21. The summed E-state index contributed by atoms with van der Waals surface area (Å²) in [4.78, 5) is 13.7. The zero-order chi connectivity index (χ0) is 12.1. The Labute approximate surface area is 98.3 Å². The molecule has 1 unspecified atom stereocenters. The minimum Gasteiger partial charge on any atom is -0.312 e. The Hall–Kier alpha value is -1.31. The third-order valence-corrected chi connectivity index (χ3v) is 2.81. The van der Waals surface area contributed by atoms with Crippen LogP contribution in [0, 0.1) is 5.92 Å². The zero-order valence-electron chi connectivity index (χ0n) is 10.7. The van der Waals surface area contributed by atoms with E-state index in [0.717, 1.165) is 18.7 Å². The van der Waals surface area contributed by atoms with Gasteiger partial charge >= 0.3 is 0 Å². The molecule has 1 aliphatic rings. The summed E-state index contributed by atoms with van der Waals surface area (Å²) in [5.74, 6) is 0.385. The van der Waals surface area contributed by atoms with E-state index in [1.165, 1.54) is 5.56 Å². The van der Waals surface area contributed by atoms with E-state index in [-0.39, 0.29) is 11.8 Å². The van der Waals surface area contributed by atoms with Gasteiger partial charge in [-0.3, -0.25) is 4.79 Å². The van der Waals surface area contributed by atoms with Gasteiger partial charge in [-0.25, -0.2) is 0 Å². The molecule has 0 N–H and O–H groups in total. The van der Waals surface area contributed by atoms with Gasteiger partial charge in [0.1, 0.15) is 0 Å². The van der Waals surface area contributed by atoms with Gasteiger partial charge in [0, 0.05) is 18.2 Å². The van der Waals surface area contributed by atoms with Gasteiger partial charge in [-0.2, -0.15) is 0 Å². The van der Waals surface area contributed by atoms with Crippen LogP contribution in [0.5, 0.6) is 0 Å². The third kappa shape index (κ3) is 2.26. The average molecular weight is 219 g/mol. The topological polar surface area (TPSA) is 20.3 Å². The van der Waals surface area contributed by atoms with E-state index in [9.17, 15) is 4.79 Å². The van der Waals surface area contributed by atoms with Crippen LogP contribution in [0.15, 0.2) is 24.3 Å². The summed E-state index contributed by atoms with van der Waals surface area (Å²) in [6, 6.07) is 8.17. The molecule has 1 atom stereocenters. The van der Waals surface area contributed by atoms with Gasteiger partial charge < -0.3 is 4.90 Å². The van der Waals surface area contributed by atoms with E-state index in [1.54, 1.807) is 0 Å². The van der Waals surface area contributed by atoms with Gasteiger partial charge in [0.05, 0.1) is 0 Å². The molecule has 88 valence electrons. The van der Waals surface area contributed by atoms with Crippen LogP contribution < -0.4 is 4.90 Å². The van der Waals surface area contributed by atoms with Crippen molar-refractivity contribution < 1.29 is 4.79 Å². The summed E-state index contributed by atoms with van der Waals surface area (Å²) < 4.78 is 0. The molecule has 0 radical (unpaired) electrons. The molecular formula is C14H21NO. The zero-order valence-corrected chi connectivity index (χ0v) is 10.7. The molecule has 0 bridgehead atoms. The molecule has 0 aromatic heterocycles. The second-order valence-corrected chi connectivity index (χ2v) is 3.82. The summed E-state index contributed by atoms with van der Waals surface area (Å²) in [6.45, 7) is 8.79. The maximum atomic E-state index is 11.8.